The van der Waals surface area contributed by atoms with Crippen molar-refractivity contribution in [3.63, 3.8) is 0 Å². The van der Waals surface area contributed by atoms with Crippen molar-refractivity contribution in [2.24, 2.45) is 5.92 Å². The summed E-state index contributed by atoms with van der Waals surface area (Å²) in [6.07, 6.45) is 1.42. The van der Waals surface area contributed by atoms with Crippen LogP contribution in [-0.2, 0) is 4.79 Å². The Hall–Kier alpha value is -2.41. The Balaban J connectivity index is 1.72. The molecule has 2 heterocycles. The molecule has 144 valence electrons. The Morgan fingerprint density at radius 1 is 1.30 bits per heavy atom. The van der Waals surface area contributed by atoms with Crippen molar-refractivity contribution in [3.8, 4) is 11.6 Å². The van der Waals surface area contributed by atoms with Gasteiger partial charge in [0.15, 0.2) is 0 Å². The van der Waals surface area contributed by atoms with Gasteiger partial charge in [0.1, 0.15) is 23.7 Å². The summed E-state index contributed by atoms with van der Waals surface area (Å²) < 4.78 is 18.8. The Bertz CT molecular complexity index is 833. The Morgan fingerprint density at radius 3 is 2.74 bits per heavy atom. The van der Waals surface area contributed by atoms with Gasteiger partial charge in [-0.05, 0) is 25.1 Å². The van der Waals surface area contributed by atoms with Crippen molar-refractivity contribution in [1.29, 1.82) is 0 Å². The third-order valence-corrected chi connectivity index (χ3v) is 4.76. The lowest BCUT2D eigenvalue weighted by Crippen LogP contribution is -2.55. The second kappa shape index (κ2) is 8.08. The van der Waals surface area contributed by atoms with Crippen LogP contribution in [0.5, 0.6) is 11.6 Å². The van der Waals surface area contributed by atoms with Gasteiger partial charge in [-0.15, -0.1) is 0 Å². The van der Waals surface area contributed by atoms with Crippen molar-refractivity contribution >= 4 is 23.3 Å². The first-order valence-corrected chi connectivity index (χ1v) is 9.23. The molecular formula is C19H22ClFN4O2. The number of benzene rings is 1. The van der Waals surface area contributed by atoms with E-state index in [9.17, 15) is 9.18 Å². The molecule has 6 nitrogen and oxygen atoms in total. The molecule has 1 amide bonds. The van der Waals surface area contributed by atoms with E-state index in [1.165, 1.54) is 24.5 Å². The van der Waals surface area contributed by atoms with Crippen LogP contribution in [0.4, 0.5) is 10.2 Å². The molecule has 0 saturated carbocycles. The molecule has 1 saturated heterocycles. The number of hydrogen-bond acceptors (Lipinski definition) is 5. The van der Waals surface area contributed by atoms with Gasteiger partial charge in [0.25, 0.3) is 0 Å². The molecule has 0 bridgehead atoms. The van der Waals surface area contributed by atoms with E-state index in [4.69, 9.17) is 16.3 Å². The number of carbonyl (C=O) groups excluding carboxylic acids is 1. The highest BCUT2D eigenvalue weighted by Gasteiger charge is 2.29. The van der Waals surface area contributed by atoms with Gasteiger partial charge < -0.3 is 14.5 Å². The van der Waals surface area contributed by atoms with Crippen LogP contribution < -0.4 is 9.64 Å². The maximum Gasteiger partial charge on any atom is 0.225 e. The molecule has 0 spiro atoms. The first kappa shape index (κ1) is 19.4. The minimum atomic E-state index is -0.432. The fourth-order valence-corrected chi connectivity index (χ4v) is 3.26. The van der Waals surface area contributed by atoms with E-state index in [0.29, 0.717) is 37.1 Å². The molecule has 1 aliphatic heterocycles. The highest BCUT2D eigenvalue weighted by molar-refractivity contribution is 6.32. The lowest BCUT2D eigenvalue weighted by molar-refractivity contribution is -0.136. The highest BCUT2D eigenvalue weighted by atomic mass is 35.5. The number of ether oxygens (including phenoxy) is 1. The van der Waals surface area contributed by atoms with Crippen molar-refractivity contribution in [3.05, 3.63) is 41.4 Å². The van der Waals surface area contributed by atoms with E-state index in [1.54, 1.807) is 6.07 Å². The smallest absolute Gasteiger partial charge is 0.225 e. The highest BCUT2D eigenvalue weighted by Crippen LogP contribution is 2.30. The van der Waals surface area contributed by atoms with E-state index in [1.807, 2.05) is 25.7 Å². The van der Waals surface area contributed by atoms with Crippen molar-refractivity contribution in [1.82, 2.24) is 14.9 Å². The van der Waals surface area contributed by atoms with E-state index in [0.717, 1.165) is 0 Å². The van der Waals surface area contributed by atoms with Gasteiger partial charge in [-0.25, -0.2) is 14.4 Å². The van der Waals surface area contributed by atoms with Gasteiger partial charge in [-0.2, -0.15) is 0 Å². The minimum absolute atomic E-state index is 0.0153. The number of aromatic nitrogens is 2. The first-order chi connectivity index (χ1) is 12.8. The van der Waals surface area contributed by atoms with Crippen molar-refractivity contribution < 1.29 is 13.9 Å². The number of nitrogens with zero attached hydrogens (tertiary/aromatic N) is 4. The molecule has 1 atom stereocenters. The second-order valence-corrected chi connectivity index (χ2v) is 7.28. The predicted octanol–water partition coefficient (Wildman–Crippen LogP) is 3.75. The van der Waals surface area contributed by atoms with Gasteiger partial charge in [-0.1, -0.05) is 25.4 Å². The van der Waals surface area contributed by atoms with Crippen molar-refractivity contribution in [2.75, 3.05) is 24.5 Å². The average molecular weight is 393 g/mol. The fourth-order valence-electron chi connectivity index (χ4n) is 3.05. The standard InChI is InChI=1S/C19H22ClFN4O2/c1-12(2)19(26)25-7-6-24(10-13(25)3)17-9-18(23-11-22-17)27-16-5-4-14(21)8-15(16)20/h4-5,8-9,11-13H,6-7,10H2,1-3H3/t13-/m0/s1. The molecule has 8 heteroatoms. The summed E-state index contributed by atoms with van der Waals surface area (Å²) in [7, 11) is 0. The number of anilines is 1. The van der Waals surface area contributed by atoms with Crippen LogP contribution in [0.1, 0.15) is 20.8 Å². The molecule has 1 fully saturated rings. The summed E-state index contributed by atoms with van der Waals surface area (Å²) in [6.45, 7) is 7.85. The van der Waals surface area contributed by atoms with Gasteiger partial charge in [-0.3, -0.25) is 4.79 Å². The first-order valence-electron chi connectivity index (χ1n) is 8.85. The Morgan fingerprint density at radius 2 is 2.07 bits per heavy atom. The number of rotatable bonds is 4. The van der Waals surface area contributed by atoms with Gasteiger partial charge >= 0.3 is 0 Å². The molecule has 27 heavy (non-hydrogen) atoms. The SMILES string of the molecule is CC(C)C(=O)N1CCN(c2cc(Oc3ccc(F)cc3Cl)ncn2)C[C@@H]1C. The summed E-state index contributed by atoms with van der Waals surface area (Å²) in [5.74, 6) is 1.07. The Labute approximate surface area is 162 Å². The van der Waals surface area contributed by atoms with Crippen LogP contribution in [0.3, 0.4) is 0 Å². The van der Waals surface area contributed by atoms with Crippen LogP contribution in [0.2, 0.25) is 5.02 Å². The quantitative estimate of drug-likeness (QED) is 0.793. The fraction of sp³-hybridized carbons (Fsp3) is 0.421. The summed E-state index contributed by atoms with van der Waals surface area (Å²) in [5, 5.41) is 0.171. The number of halogens is 2. The molecular weight excluding hydrogens is 371 g/mol. The molecule has 0 radical (unpaired) electrons. The molecule has 1 aromatic carbocycles. The monoisotopic (exact) mass is 392 g/mol. The molecule has 0 N–H and O–H groups in total. The molecule has 0 aliphatic carbocycles. The third kappa shape index (κ3) is 4.47. The zero-order chi connectivity index (χ0) is 19.6. The molecule has 1 aromatic heterocycles. The topological polar surface area (TPSA) is 58.6 Å². The van der Waals surface area contributed by atoms with Crippen LogP contribution in [0.25, 0.3) is 0 Å². The number of amides is 1. The van der Waals surface area contributed by atoms with Crippen LogP contribution in [-0.4, -0.2) is 46.5 Å². The molecule has 3 rings (SSSR count). The minimum Gasteiger partial charge on any atom is -0.437 e. The molecule has 2 aromatic rings. The zero-order valence-electron chi connectivity index (χ0n) is 15.5. The average Bonchev–Trinajstić information content (AvgIpc) is 2.63. The van der Waals surface area contributed by atoms with E-state index >= 15 is 0 Å². The summed E-state index contributed by atoms with van der Waals surface area (Å²) in [5.41, 5.74) is 0. The van der Waals surface area contributed by atoms with Gasteiger partial charge in [0, 0.05) is 37.7 Å². The lowest BCUT2D eigenvalue weighted by Gasteiger charge is -2.41. The number of carbonyl (C=O) groups is 1. The van der Waals surface area contributed by atoms with Crippen LogP contribution in [0, 0.1) is 11.7 Å². The van der Waals surface area contributed by atoms with Gasteiger partial charge in [0.05, 0.1) is 5.02 Å². The lowest BCUT2D eigenvalue weighted by atomic mass is 10.1. The summed E-state index contributed by atoms with van der Waals surface area (Å²) >= 11 is 6.00. The predicted molar refractivity (Wildman–Crippen MR) is 102 cm³/mol. The second-order valence-electron chi connectivity index (χ2n) is 6.87. The number of hydrogen-bond donors (Lipinski definition) is 0. The largest absolute Gasteiger partial charge is 0.437 e. The van der Waals surface area contributed by atoms with E-state index in [2.05, 4.69) is 14.9 Å². The van der Waals surface area contributed by atoms with Crippen molar-refractivity contribution in [2.45, 2.75) is 26.8 Å². The molecule has 1 aliphatic rings. The third-order valence-electron chi connectivity index (χ3n) is 4.46. The van der Waals surface area contributed by atoms with E-state index in [-0.39, 0.29) is 22.9 Å². The maximum atomic E-state index is 13.2. The summed E-state index contributed by atoms with van der Waals surface area (Å²) in [4.78, 5) is 24.7. The Kier molecular flexibility index (Phi) is 5.79. The van der Waals surface area contributed by atoms with E-state index < -0.39 is 5.82 Å². The van der Waals surface area contributed by atoms with Crippen LogP contribution >= 0.6 is 11.6 Å². The van der Waals surface area contributed by atoms with Gasteiger partial charge in [0.2, 0.25) is 11.8 Å². The summed E-state index contributed by atoms with van der Waals surface area (Å²) in [6, 6.07) is 5.71. The maximum absolute atomic E-state index is 13.2. The normalized spacial score (nSPS) is 17.3. The zero-order valence-corrected chi connectivity index (χ0v) is 16.3. The molecule has 0 unspecified atom stereocenters. The number of piperazine rings is 1. The van der Waals surface area contributed by atoms with Crippen LogP contribution in [0.15, 0.2) is 30.6 Å².